The minimum Gasteiger partial charge on any atom is -0.359 e. The Balaban J connectivity index is 1.74. The standard InChI is InChI=1S/C20H24ClN3O2S/c1-2-23-12-14-24(15-13-23)20-6-4-3-5-19(20)22-27(25,26)16-11-17-7-9-18(21)10-8-17/h3-11,16,22H,2,12-15H2,1H3/p+1/b16-11+. The summed E-state index contributed by atoms with van der Waals surface area (Å²) in [4.78, 5) is 3.83. The van der Waals surface area contributed by atoms with Gasteiger partial charge in [-0.25, -0.2) is 8.42 Å². The number of piperazine rings is 1. The zero-order chi connectivity index (χ0) is 19.3. The number of nitrogens with zero attached hydrogens (tertiary/aromatic N) is 1. The number of halogens is 1. The van der Waals surface area contributed by atoms with Crippen molar-refractivity contribution < 1.29 is 13.3 Å². The third kappa shape index (κ3) is 5.48. The lowest BCUT2D eigenvalue weighted by Gasteiger charge is -2.34. The third-order valence-electron chi connectivity index (χ3n) is 4.78. The molecule has 0 radical (unpaired) electrons. The van der Waals surface area contributed by atoms with Gasteiger partial charge in [-0.05, 0) is 42.8 Å². The molecule has 0 unspecified atom stereocenters. The second-order valence-corrected chi connectivity index (χ2v) is 8.61. The van der Waals surface area contributed by atoms with Gasteiger partial charge in [0.15, 0.2) is 0 Å². The van der Waals surface area contributed by atoms with Crippen molar-refractivity contribution in [2.45, 2.75) is 6.92 Å². The van der Waals surface area contributed by atoms with Gasteiger partial charge in [0.2, 0.25) is 0 Å². The van der Waals surface area contributed by atoms with Crippen molar-refractivity contribution in [1.82, 2.24) is 0 Å². The minimum absolute atomic E-state index is 0.609. The fourth-order valence-electron chi connectivity index (χ4n) is 3.18. The Hall–Kier alpha value is -2.02. The second kappa shape index (κ2) is 8.78. The second-order valence-electron chi connectivity index (χ2n) is 6.61. The number of sulfonamides is 1. The molecule has 5 nitrogen and oxygen atoms in total. The van der Waals surface area contributed by atoms with Gasteiger partial charge in [0, 0.05) is 5.02 Å². The fraction of sp³-hybridized carbons (Fsp3) is 0.300. The van der Waals surface area contributed by atoms with Crippen LogP contribution in [0.15, 0.2) is 53.9 Å². The lowest BCUT2D eigenvalue weighted by Crippen LogP contribution is -3.14. The number of hydrogen-bond donors (Lipinski definition) is 2. The predicted molar refractivity (Wildman–Crippen MR) is 113 cm³/mol. The van der Waals surface area contributed by atoms with Crippen molar-refractivity contribution in [3.8, 4) is 0 Å². The third-order valence-corrected chi connectivity index (χ3v) is 6.03. The molecule has 3 rings (SSSR count). The van der Waals surface area contributed by atoms with Crippen molar-refractivity contribution in [2.24, 2.45) is 0 Å². The van der Waals surface area contributed by atoms with Crippen molar-refractivity contribution in [1.29, 1.82) is 0 Å². The Kier molecular flexibility index (Phi) is 6.42. The summed E-state index contributed by atoms with van der Waals surface area (Å²) in [6, 6.07) is 14.6. The van der Waals surface area contributed by atoms with Crippen LogP contribution in [0.2, 0.25) is 5.02 Å². The summed E-state index contributed by atoms with van der Waals surface area (Å²) in [7, 11) is -3.61. The maximum Gasteiger partial charge on any atom is 0.255 e. The van der Waals surface area contributed by atoms with Crippen LogP contribution in [0.3, 0.4) is 0 Å². The minimum atomic E-state index is -3.61. The molecule has 1 fully saturated rings. The molecule has 0 amide bonds. The maximum atomic E-state index is 12.5. The SMILES string of the molecule is CC[NH+]1CCN(c2ccccc2NS(=O)(=O)/C=C/c2ccc(Cl)cc2)CC1. The van der Waals surface area contributed by atoms with Crippen LogP contribution >= 0.6 is 11.6 Å². The van der Waals surface area contributed by atoms with Gasteiger partial charge in [-0.15, -0.1) is 0 Å². The lowest BCUT2D eigenvalue weighted by molar-refractivity contribution is -0.898. The highest BCUT2D eigenvalue weighted by molar-refractivity contribution is 7.95. The van der Waals surface area contributed by atoms with E-state index in [-0.39, 0.29) is 0 Å². The normalized spacial score (nSPS) is 16.0. The Morgan fingerprint density at radius 2 is 1.78 bits per heavy atom. The van der Waals surface area contributed by atoms with E-state index >= 15 is 0 Å². The molecule has 0 saturated carbocycles. The van der Waals surface area contributed by atoms with E-state index in [1.807, 2.05) is 24.3 Å². The molecule has 1 aliphatic heterocycles. The van der Waals surface area contributed by atoms with E-state index in [9.17, 15) is 8.42 Å². The number of nitrogens with one attached hydrogen (secondary N) is 2. The van der Waals surface area contributed by atoms with Crippen molar-refractivity contribution in [2.75, 3.05) is 42.3 Å². The summed E-state index contributed by atoms with van der Waals surface area (Å²) in [6.07, 6.45) is 1.56. The molecule has 27 heavy (non-hydrogen) atoms. The fourth-order valence-corrected chi connectivity index (χ4v) is 4.19. The molecule has 0 atom stereocenters. The molecule has 0 aliphatic carbocycles. The van der Waals surface area contributed by atoms with Crippen LogP contribution in [-0.4, -0.2) is 41.1 Å². The van der Waals surface area contributed by atoms with E-state index in [0.29, 0.717) is 10.7 Å². The van der Waals surface area contributed by atoms with Crippen molar-refractivity contribution in [3.63, 3.8) is 0 Å². The van der Waals surface area contributed by atoms with Crippen LogP contribution < -0.4 is 14.5 Å². The van der Waals surface area contributed by atoms with Crippen LogP contribution in [0, 0.1) is 0 Å². The molecule has 1 heterocycles. The number of likely N-dealkylation sites (N-methyl/N-ethyl adjacent to an activating group) is 1. The first-order valence-electron chi connectivity index (χ1n) is 9.11. The largest absolute Gasteiger partial charge is 0.359 e. The first-order chi connectivity index (χ1) is 13.0. The van der Waals surface area contributed by atoms with E-state index in [1.54, 1.807) is 35.2 Å². The van der Waals surface area contributed by atoms with Crippen molar-refractivity contribution in [3.05, 3.63) is 64.5 Å². The van der Waals surface area contributed by atoms with Crippen LogP contribution in [0.4, 0.5) is 11.4 Å². The van der Waals surface area contributed by atoms with Crippen molar-refractivity contribution >= 4 is 39.1 Å². The summed E-state index contributed by atoms with van der Waals surface area (Å²) in [5.41, 5.74) is 2.31. The number of rotatable bonds is 6. The Bertz CT molecular complexity index is 890. The highest BCUT2D eigenvalue weighted by atomic mass is 35.5. The van der Waals surface area contributed by atoms with E-state index < -0.39 is 10.0 Å². The smallest absolute Gasteiger partial charge is 0.255 e. The molecule has 1 aliphatic rings. The van der Waals surface area contributed by atoms with E-state index in [1.165, 1.54) is 5.41 Å². The molecule has 2 aromatic rings. The molecular formula is C20H25ClN3O2S+. The summed E-state index contributed by atoms with van der Waals surface area (Å²) in [5.74, 6) is 0. The zero-order valence-corrected chi connectivity index (χ0v) is 16.9. The topological polar surface area (TPSA) is 53.9 Å². The first-order valence-corrected chi connectivity index (χ1v) is 11.0. The molecule has 0 aromatic heterocycles. The van der Waals surface area contributed by atoms with E-state index in [2.05, 4.69) is 16.5 Å². The van der Waals surface area contributed by atoms with Gasteiger partial charge in [-0.1, -0.05) is 35.9 Å². The molecule has 2 aromatic carbocycles. The van der Waals surface area contributed by atoms with E-state index in [0.717, 1.165) is 44.0 Å². The summed E-state index contributed by atoms with van der Waals surface area (Å²) < 4.78 is 27.8. The Morgan fingerprint density at radius 1 is 1.11 bits per heavy atom. The van der Waals surface area contributed by atoms with Gasteiger partial charge in [0.05, 0.1) is 49.5 Å². The Labute approximate surface area is 166 Å². The Morgan fingerprint density at radius 3 is 2.44 bits per heavy atom. The average Bonchev–Trinajstić information content (AvgIpc) is 2.68. The highest BCUT2D eigenvalue weighted by Crippen LogP contribution is 2.27. The average molecular weight is 407 g/mol. The number of quaternary nitrogens is 1. The molecule has 1 saturated heterocycles. The zero-order valence-electron chi connectivity index (χ0n) is 15.4. The molecule has 2 N–H and O–H groups in total. The van der Waals surface area contributed by atoms with E-state index in [4.69, 9.17) is 11.6 Å². The lowest BCUT2D eigenvalue weighted by atomic mass is 10.2. The monoisotopic (exact) mass is 406 g/mol. The molecule has 144 valence electrons. The number of hydrogen-bond acceptors (Lipinski definition) is 3. The summed E-state index contributed by atoms with van der Waals surface area (Å²) in [5, 5.41) is 1.80. The van der Waals surface area contributed by atoms with Crippen LogP contribution in [-0.2, 0) is 10.0 Å². The van der Waals surface area contributed by atoms with Gasteiger partial charge in [0.25, 0.3) is 10.0 Å². The van der Waals surface area contributed by atoms with Crippen LogP contribution in [0.5, 0.6) is 0 Å². The molecular weight excluding hydrogens is 382 g/mol. The maximum absolute atomic E-state index is 12.5. The molecule has 7 heteroatoms. The van der Waals surface area contributed by atoms with Crippen LogP contribution in [0.1, 0.15) is 12.5 Å². The van der Waals surface area contributed by atoms with Gasteiger partial charge in [-0.3, -0.25) is 4.72 Å². The summed E-state index contributed by atoms with van der Waals surface area (Å²) >= 11 is 5.86. The van der Waals surface area contributed by atoms with Gasteiger partial charge >= 0.3 is 0 Å². The predicted octanol–water partition coefficient (Wildman–Crippen LogP) is 2.48. The number of para-hydroxylation sites is 2. The van der Waals surface area contributed by atoms with Gasteiger partial charge in [0.1, 0.15) is 0 Å². The summed E-state index contributed by atoms with van der Waals surface area (Å²) in [6.45, 7) is 7.28. The molecule has 0 spiro atoms. The first kappa shape index (κ1) is 19.7. The molecule has 0 bridgehead atoms. The number of benzene rings is 2. The highest BCUT2D eigenvalue weighted by Gasteiger charge is 2.21. The van der Waals surface area contributed by atoms with Gasteiger partial charge < -0.3 is 9.80 Å². The number of anilines is 2. The van der Waals surface area contributed by atoms with Crippen LogP contribution in [0.25, 0.3) is 6.08 Å². The van der Waals surface area contributed by atoms with Gasteiger partial charge in [-0.2, -0.15) is 0 Å². The quantitative estimate of drug-likeness (QED) is 0.774.